The molecule has 23 heavy (non-hydrogen) atoms. The first-order chi connectivity index (χ1) is 11.0. The zero-order chi connectivity index (χ0) is 16.8. The zero-order valence-corrected chi connectivity index (χ0v) is 14.3. The number of aryl methyl sites for hydroxylation is 2. The lowest BCUT2D eigenvalue weighted by Crippen LogP contribution is -2.45. The van der Waals surface area contributed by atoms with Crippen molar-refractivity contribution in [1.82, 2.24) is 10.2 Å². The average Bonchev–Trinajstić information content (AvgIpc) is 2.56. The van der Waals surface area contributed by atoms with E-state index in [0.717, 1.165) is 36.2 Å². The van der Waals surface area contributed by atoms with Gasteiger partial charge in [0, 0.05) is 18.8 Å². The second-order valence-corrected chi connectivity index (χ2v) is 6.21. The summed E-state index contributed by atoms with van der Waals surface area (Å²) >= 11 is 0. The van der Waals surface area contributed by atoms with E-state index >= 15 is 0 Å². The van der Waals surface area contributed by atoms with Crippen molar-refractivity contribution < 1.29 is 9.59 Å². The van der Waals surface area contributed by atoms with Crippen LogP contribution in [0.5, 0.6) is 0 Å². The molecule has 1 aliphatic rings. The van der Waals surface area contributed by atoms with Crippen LogP contribution in [0.4, 0.5) is 5.69 Å². The van der Waals surface area contributed by atoms with E-state index in [1.807, 2.05) is 39.0 Å². The molecule has 1 atom stereocenters. The summed E-state index contributed by atoms with van der Waals surface area (Å²) in [5.74, 6) is -0.0607. The fourth-order valence-corrected chi connectivity index (χ4v) is 3.03. The summed E-state index contributed by atoms with van der Waals surface area (Å²) in [5.41, 5.74) is 2.91. The monoisotopic (exact) mass is 317 g/mol. The number of amides is 2. The van der Waals surface area contributed by atoms with Gasteiger partial charge in [-0.1, -0.05) is 18.2 Å². The Kier molecular flexibility index (Phi) is 6.16. The zero-order valence-electron chi connectivity index (χ0n) is 14.3. The van der Waals surface area contributed by atoms with Crippen LogP contribution in [0.15, 0.2) is 18.2 Å². The van der Waals surface area contributed by atoms with E-state index in [0.29, 0.717) is 13.1 Å². The predicted molar refractivity (Wildman–Crippen MR) is 92.4 cm³/mol. The number of likely N-dealkylation sites (N-methyl/N-ethyl adjacent to an activating group) is 1. The molecule has 1 aliphatic heterocycles. The Bertz CT molecular complexity index is 545. The average molecular weight is 317 g/mol. The van der Waals surface area contributed by atoms with Crippen LogP contribution in [0.1, 0.15) is 30.9 Å². The minimum Gasteiger partial charge on any atom is -0.333 e. The predicted octanol–water partition coefficient (Wildman–Crippen LogP) is 2.09. The van der Waals surface area contributed by atoms with Gasteiger partial charge in [-0.05, 0) is 51.3 Å². The molecule has 1 aromatic rings. The first kappa shape index (κ1) is 17.5. The minimum absolute atomic E-state index is 0.00306. The third-order valence-corrected chi connectivity index (χ3v) is 4.42. The molecule has 0 spiro atoms. The second kappa shape index (κ2) is 8.11. The van der Waals surface area contributed by atoms with Crippen LogP contribution in [0.3, 0.4) is 0 Å². The van der Waals surface area contributed by atoms with Gasteiger partial charge in [-0.2, -0.15) is 0 Å². The number of nitrogens with zero attached hydrogens (tertiary/aromatic N) is 1. The number of para-hydroxylation sites is 1. The lowest BCUT2D eigenvalue weighted by Gasteiger charge is -2.28. The summed E-state index contributed by atoms with van der Waals surface area (Å²) in [6, 6.07) is 5.91. The maximum Gasteiger partial charge on any atom is 0.244 e. The number of piperidine rings is 1. The summed E-state index contributed by atoms with van der Waals surface area (Å²) in [6.45, 7) is 8.21. The number of benzene rings is 1. The quantitative estimate of drug-likeness (QED) is 0.874. The molecule has 0 aromatic heterocycles. The molecule has 5 heteroatoms. The highest BCUT2D eigenvalue weighted by Gasteiger charge is 2.26. The smallest absolute Gasteiger partial charge is 0.244 e. The van der Waals surface area contributed by atoms with E-state index in [2.05, 4.69) is 10.6 Å². The molecule has 1 heterocycles. The van der Waals surface area contributed by atoms with Crippen molar-refractivity contribution in [1.29, 1.82) is 0 Å². The Morgan fingerprint density at radius 1 is 1.30 bits per heavy atom. The molecular weight excluding hydrogens is 290 g/mol. The van der Waals surface area contributed by atoms with Gasteiger partial charge in [0.15, 0.2) is 0 Å². The molecule has 2 rings (SSSR count). The van der Waals surface area contributed by atoms with Crippen molar-refractivity contribution in [2.45, 2.75) is 33.6 Å². The molecule has 2 amide bonds. The first-order valence-electron chi connectivity index (χ1n) is 8.38. The highest BCUT2D eigenvalue weighted by molar-refractivity contribution is 5.96. The maximum absolute atomic E-state index is 12.6. The van der Waals surface area contributed by atoms with Gasteiger partial charge in [0.05, 0.1) is 12.5 Å². The highest BCUT2D eigenvalue weighted by Crippen LogP contribution is 2.19. The van der Waals surface area contributed by atoms with E-state index in [1.54, 1.807) is 4.90 Å². The van der Waals surface area contributed by atoms with E-state index < -0.39 is 0 Å². The number of hydrogen-bond donors (Lipinski definition) is 2. The molecule has 1 fully saturated rings. The first-order valence-corrected chi connectivity index (χ1v) is 8.38. The second-order valence-electron chi connectivity index (χ2n) is 6.21. The van der Waals surface area contributed by atoms with Crippen molar-refractivity contribution in [2.24, 2.45) is 5.92 Å². The molecule has 0 saturated carbocycles. The Morgan fingerprint density at radius 3 is 2.57 bits per heavy atom. The largest absolute Gasteiger partial charge is 0.333 e. The number of carbonyl (C=O) groups is 2. The van der Waals surface area contributed by atoms with Gasteiger partial charge in [-0.3, -0.25) is 9.59 Å². The summed E-state index contributed by atoms with van der Waals surface area (Å²) in [5, 5.41) is 6.21. The van der Waals surface area contributed by atoms with Gasteiger partial charge >= 0.3 is 0 Å². The van der Waals surface area contributed by atoms with Gasteiger partial charge in [0.25, 0.3) is 0 Å². The molecule has 1 unspecified atom stereocenters. The maximum atomic E-state index is 12.6. The molecule has 5 nitrogen and oxygen atoms in total. The van der Waals surface area contributed by atoms with E-state index in [-0.39, 0.29) is 24.3 Å². The molecule has 0 aliphatic carbocycles. The number of carbonyl (C=O) groups excluding carboxylic acids is 2. The standard InChI is InChI=1S/C18H27N3O2/c1-4-21(18(23)15-9-6-10-19-11-15)12-16(22)20-17-13(2)7-5-8-14(17)3/h5,7-8,15,19H,4,6,9-12H2,1-3H3,(H,20,22). The van der Waals surface area contributed by atoms with E-state index in [9.17, 15) is 9.59 Å². The molecule has 126 valence electrons. The van der Waals surface area contributed by atoms with Gasteiger partial charge in [-0.15, -0.1) is 0 Å². The van der Waals surface area contributed by atoms with E-state index in [1.165, 1.54) is 0 Å². The lowest BCUT2D eigenvalue weighted by atomic mass is 9.98. The summed E-state index contributed by atoms with van der Waals surface area (Å²) < 4.78 is 0. The summed E-state index contributed by atoms with van der Waals surface area (Å²) in [7, 11) is 0. The summed E-state index contributed by atoms with van der Waals surface area (Å²) in [6.07, 6.45) is 1.92. The summed E-state index contributed by atoms with van der Waals surface area (Å²) in [4.78, 5) is 26.6. The van der Waals surface area contributed by atoms with Crippen LogP contribution in [0, 0.1) is 19.8 Å². The van der Waals surface area contributed by atoms with Crippen molar-refractivity contribution >= 4 is 17.5 Å². The molecule has 1 aromatic carbocycles. The highest BCUT2D eigenvalue weighted by atomic mass is 16.2. The van der Waals surface area contributed by atoms with Crippen LogP contribution < -0.4 is 10.6 Å². The topological polar surface area (TPSA) is 61.4 Å². The van der Waals surface area contributed by atoms with Crippen molar-refractivity contribution in [3.8, 4) is 0 Å². The van der Waals surface area contributed by atoms with E-state index in [4.69, 9.17) is 0 Å². The Balaban J connectivity index is 1.98. The number of anilines is 1. The minimum atomic E-state index is -0.138. The van der Waals surface area contributed by atoms with Crippen molar-refractivity contribution in [2.75, 3.05) is 31.5 Å². The van der Waals surface area contributed by atoms with Gasteiger partial charge in [0.1, 0.15) is 0 Å². The molecule has 2 N–H and O–H groups in total. The van der Waals surface area contributed by atoms with Crippen LogP contribution in [-0.4, -0.2) is 42.9 Å². The Hall–Kier alpha value is -1.88. The molecule has 0 bridgehead atoms. The fourth-order valence-electron chi connectivity index (χ4n) is 3.03. The number of nitrogens with one attached hydrogen (secondary N) is 2. The van der Waals surface area contributed by atoms with Crippen molar-refractivity contribution in [3.05, 3.63) is 29.3 Å². The normalized spacial score (nSPS) is 17.6. The van der Waals surface area contributed by atoms with Crippen LogP contribution >= 0.6 is 0 Å². The fraction of sp³-hybridized carbons (Fsp3) is 0.556. The third-order valence-electron chi connectivity index (χ3n) is 4.42. The van der Waals surface area contributed by atoms with Crippen LogP contribution in [0.25, 0.3) is 0 Å². The van der Waals surface area contributed by atoms with Gasteiger partial charge < -0.3 is 15.5 Å². The number of hydrogen-bond acceptors (Lipinski definition) is 3. The van der Waals surface area contributed by atoms with Crippen LogP contribution in [0.2, 0.25) is 0 Å². The lowest BCUT2D eigenvalue weighted by molar-refractivity contribution is -0.138. The van der Waals surface area contributed by atoms with Crippen molar-refractivity contribution in [3.63, 3.8) is 0 Å². The van der Waals surface area contributed by atoms with Gasteiger partial charge in [0.2, 0.25) is 11.8 Å². The van der Waals surface area contributed by atoms with Gasteiger partial charge in [-0.25, -0.2) is 0 Å². The SMILES string of the molecule is CCN(CC(=O)Nc1c(C)cccc1C)C(=O)C1CCCNC1. The molecule has 0 radical (unpaired) electrons. The molecular formula is C18H27N3O2. The number of rotatable bonds is 5. The Labute approximate surface area is 138 Å². The third kappa shape index (κ3) is 4.55. The van der Waals surface area contributed by atoms with Crippen LogP contribution in [-0.2, 0) is 9.59 Å². The Morgan fingerprint density at radius 2 is 2.00 bits per heavy atom. The molecule has 1 saturated heterocycles.